The van der Waals surface area contributed by atoms with Crippen LogP contribution in [0.15, 0.2) is 30.5 Å². The van der Waals surface area contributed by atoms with Crippen LogP contribution >= 0.6 is 0 Å². The Kier molecular flexibility index (Phi) is 4.95. The number of benzene rings is 1. The molecule has 0 saturated heterocycles. The minimum Gasteiger partial charge on any atom is -0.496 e. The Morgan fingerprint density at radius 3 is 2.79 bits per heavy atom. The van der Waals surface area contributed by atoms with E-state index in [1.165, 1.54) is 19.3 Å². The van der Waals surface area contributed by atoms with E-state index in [2.05, 4.69) is 17.2 Å². The van der Waals surface area contributed by atoms with Crippen molar-refractivity contribution < 1.29 is 4.74 Å². The van der Waals surface area contributed by atoms with Crippen LogP contribution in [0.25, 0.3) is 11.3 Å². The van der Waals surface area contributed by atoms with Crippen molar-refractivity contribution in [3.8, 4) is 17.0 Å². The third-order valence-corrected chi connectivity index (χ3v) is 3.16. The van der Waals surface area contributed by atoms with Crippen molar-refractivity contribution in [2.24, 2.45) is 0 Å². The first kappa shape index (κ1) is 13.6. The van der Waals surface area contributed by atoms with E-state index in [1.807, 2.05) is 35.1 Å². The number of hydrogen-bond acceptors (Lipinski definition) is 3. The second-order valence-corrected chi connectivity index (χ2v) is 4.63. The van der Waals surface area contributed by atoms with Crippen molar-refractivity contribution in [1.82, 2.24) is 15.0 Å². The van der Waals surface area contributed by atoms with Gasteiger partial charge in [0.2, 0.25) is 0 Å². The van der Waals surface area contributed by atoms with Crippen LogP contribution in [0.2, 0.25) is 0 Å². The number of nitrogens with zero attached hydrogens (tertiary/aromatic N) is 3. The molecule has 0 radical (unpaired) electrons. The van der Waals surface area contributed by atoms with Gasteiger partial charge in [0.1, 0.15) is 11.4 Å². The van der Waals surface area contributed by atoms with Gasteiger partial charge in [0.05, 0.1) is 13.3 Å². The third kappa shape index (κ3) is 3.56. The first-order chi connectivity index (χ1) is 9.35. The smallest absolute Gasteiger partial charge is 0.128 e. The lowest BCUT2D eigenvalue weighted by atomic mass is 10.1. The minimum atomic E-state index is 0.834. The molecular weight excluding hydrogens is 238 g/mol. The quantitative estimate of drug-likeness (QED) is 0.714. The first-order valence-electron chi connectivity index (χ1n) is 6.88. The SMILES string of the molecule is CCCCCCn1cc(-c2ccccc2OC)nn1. The molecule has 2 aromatic rings. The number of methoxy groups -OCH3 is 1. The molecule has 2 rings (SSSR count). The number of aromatic nitrogens is 3. The van der Waals surface area contributed by atoms with Crippen molar-refractivity contribution in [1.29, 1.82) is 0 Å². The predicted molar refractivity (Wildman–Crippen MR) is 76.2 cm³/mol. The van der Waals surface area contributed by atoms with Gasteiger partial charge in [-0.3, -0.25) is 4.68 Å². The Balaban J connectivity index is 2.04. The highest BCUT2D eigenvalue weighted by molar-refractivity contribution is 5.65. The zero-order valence-corrected chi connectivity index (χ0v) is 11.7. The highest BCUT2D eigenvalue weighted by Gasteiger charge is 2.08. The van der Waals surface area contributed by atoms with Gasteiger partial charge in [0.15, 0.2) is 0 Å². The molecule has 1 aromatic carbocycles. The molecule has 19 heavy (non-hydrogen) atoms. The summed E-state index contributed by atoms with van der Waals surface area (Å²) >= 11 is 0. The van der Waals surface area contributed by atoms with E-state index < -0.39 is 0 Å². The zero-order valence-electron chi connectivity index (χ0n) is 11.7. The molecule has 102 valence electrons. The van der Waals surface area contributed by atoms with Gasteiger partial charge in [-0.2, -0.15) is 0 Å². The van der Waals surface area contributed by atoms with Crippen molar-refractivity contribution in [3.05, 3.63) is 30.5 Å². The Bertz CT molecular complexity index is 508. The Morgan fingerprint density at radius 2 is 2.00 bits per heavy atom. The fraction of sp³-hybridized carbons (Fsp3) is 0.467. The van der Waals surface area contributed by atoms with Gasteiger partial charge in [-0.25, -0.2) is 0 Å². The van der Waals surface area contributed by atoms with Gasteiger partial charge >= 0.3 is 0 Å². The van der Waals surface area contributed by atoms with Gasteiger partial charge in [-0.15, -0.1) is 5.10 Å². The van der Waals surface area contributed by atoms with Crippen molar-refractivity contribution in [2.75, 3.05) is 7.11 Å². The normalized spacial score (nSPS) is 10.6. The highest BCUT2D eigenvalue weighted by atomic mass is 16.5. The molecule has 1 heterocycles. The molecule has 0 unspecified atom stereocenters. The Morgan fingerprint density at radius 1 is 1.16 bits per heavy atom. The Labute approximate surface area is 114 Å². The molecule has 0 N–H and O–H groups in total. The number of para-hydroxylation sites is 1. The number of ether oxygens (including phenoxy) is 1. The minimum absolute atomic E-state index is 0.834. The number of rotatable bonds is 7. The van der Waals surface area contributed by atoms with Gasteiger partial charge in [0.25, 0.3) is 0 Å². The summed E-state index contributed by atoms with van der Waals surface area (Å²) < 4.78 is 7.26. The molecular formula is C15H21N3O. The van der Waals surface area contributed by atoms with Crippen LogP contribution < -0.4 is 4.74 Å². The maximum absolute atomic E-state index is 5.35. The Hall–Kier alpha value is -1.84. The summed E-state index contributed by atoms with van der Waals surface area (Å²) in [5, 5.41) is 8.40. The first-order valence-corrected chi connectivity index (χ1v) is 6.88. The lowest BCUT2D eigenvalue weighted by molar-refractivity contribution is 0.416. The maximum Gasteiger partial charge on any atom is 0.128 e. The summed E-state index contributed by atoms with van der Waals surface area (Å²) in [6, 6.07) is 7.88. The molecule has 0 aliphatic rings. The second-order valence-electron chi connectivity index (χ2n) is 4.63. The van der Waals surface area contributed by atoms with Crippen LogP contribution in [0.1, 0.15) is 32.6 Å². The van der Waals surface area contributed by atoms with Crippen LogP contribution in [-0.4, -0.2) is 22.1 Å². The summed E-state index contributed by atoms with van der Waals surface area (Å²) in [5.41, 5.74) is 1.86. The summed E-state index contributed by atoms with van der Waals surface area (Å²) in [6.07, 6.45) is 6.94. The van der Waals surface area contributed by atoms with E-state index in [1.54, 1.807) is 7.11 Å². The molecule has 0 aliphatic heterocycles. The highest BCUT2D eigenvalue weighted by Crippen LogP contribution is 2.27. The van der Waals surface area contributed by atoms with Gasteiger partial charge in [-0.05, 0) is 18.6 Å². The van der Waals surface area contributed by atoms with Crippen LogP contribution in [0.3, 0.4) is 0 Å². The molecule has 0 amide bonds. The number of unbranched alkanes of at least 4 members (excludes halogenated alkanes) is 3. The lowest BCUT2D eigenvalue weighted by Crippen LogP contribution is -1.98. The van der Waals surface area contributed by atoms with E-state index in [0.29, 0.717) is 0 Å². The van der Waals surface area contributed by atoms with Crippen molar-refractivity contribution in [2.45, 2.75) is 39.2 Å². The summed E-state index contributed by atoms with van der Waals surface area (Å²) in [6.45, 7) is 3.15. The summed E-state index contributed by atoms with van der Waals surface area (Å²) in [7, 11) is 1.67. The summed E-state index contributed by atoms with van der Waals surface area (Å²) in [4.78, 5) is 0. The zero-order chi connectivity index (χ0) is 13.5. The molecule has 0 saturated carbocycles. The predicted octanol–water partition coefficient (Wildman–Crippen LogP) is 3.53. The van der Waals surface area contributed by atoms with Crippen molar-refractivity contribution >= 4 is 0 Å². The lowest BCUT2D eigenvalue weighted by Gasteiger charge is -2.04. The topological polar surface area (TPSA) is 39.9 Å². The van der Waals surface area contributed by atoms with E-state index in [9.17, 15) is 0 Å². The van der Waals surface area contributed by atoms with Crippen LogP contribution in [0.5, 0.6) is 5.75 Å². The van der Waals surface area contributed by atoms with Crippen LogP contribution in [-0.2, 0) is 6.54 Å². The van der Waals surface area contributed by atoms with Gasteiger partial charge < -0.3 is 4.74 Å². The van der Waals surface area contributed by atoms with Crippen molar-refractivity contribution in [3.63, 3.8) is 0 Å². The van der Waals surface area contributed by atoms with Gasteiger partial charge in [-0.1, -0.05) is 43.5 Å². The molecule has 4 heteroatoms. The molecule has 0 spiro atoms. The molecule has 0 atom stereocenters. The fourth-order valence-electron chi connectivity index (χ4n) is 2.09. The number of aryl methyl sites for hydroxylation is 1. The molecule has 0 fully saturated rings. The molecule has 1 aromatic heterocycles. The van der Waals surface area contributed by atoms with E-state index >= 15 is 0 Å². The summed E-state index contributed by atoms with van der Waals surface area (Å²) in [5.74, 6) is 0.834. The average molecular weight is 259 g/mol. The van der Waals surface area contributed by atoms with E-state index in [4.69, 9.17) is 4.74 Å². The third-order valence-electron chi connectivity index (χ3n) is 3.16. The van der Waals surface area contributed by atoms with E-state index in [-0.39, 0.29) is 0 Å². The molecule has 0 aliphatic carbocycles. The second kappa shape index (κ2) is 6.92. The van der Waals surface area contributed by atoms with Crippen LogP contribution in [0, 0.1) is 0 Å². The van der Waals surface area contributed by atoms with E-state index in [0.717, 1.165) is 30.0 Å². The fourth-order valence-corrected chi connectivity index (χ4v) is 2.09. The van der Waals surface area contributed by atoms with Crippen LogP contribution in [0.4, 0.5) is 0 Å². The number of hydrogen-bond donors (Lipinski definition) is 0. The monoisotopic (exact) mass is 259 g/mol. The van der Waals surface area contributed by atoms with Gasteiger partial charge in [0, 0.05) is 12.1 Å². The molecule has 0 bridgehead atoms. The molecule has 4 nitrogen and oxygen atoms in total. The standard InChI is InChI=1S/C15H21N3O/c1-3-4-5-8-11-18-12-14(16-17-18)13-9-6-7-10-15(13)19-2/h6-7,9-10,12H,3-5,8,11H2,1-2H3. The maximum atomic E-state index is 5.35. The average Bonchev–Trinajstić information content (AvgIpc) is 2.92. The largest absolute Gasteiger partial charge is 0.496 e.